The third-order valence-electron chi connectivity index (χ3n) is 3.86. The van der Waals surface area contributed by atoms with Crippen LogP contribution in [-0.4, -0.2) is 43.5 Å². The number of piperazine rings is 1. The second-order valence-corrected chi connectivity index (χ2v) is 5.26. The minimum Gasteiger partial charge on any atom is -0.369 e. The zero-order valence-electron chi connectivity index (χ0n) is 11.6. The molecule has 19 heavy (non-hydrogen) atoms. The lowest BCUT2D eigenvalue weighted by molar-refractivity contribution is -0.121. The summed E-state index contributed by atoms with van der Waals surface area (Å²) in [6, 6.07) is 10.5. The van der Waals surface area contributed by atoms with Crippen LogP contribution in [0.25, 0.3) is 0 Å². The van der Waals surface area contributed by atoms with Gasteiger partial charge in [0.2, 0.25) is 5.91 Å². The van der Waals surface area contributed by atoms with Gasteiger partial charge in [0.25, 0.3) is 0 Å². The highest BCUT2D eigenvalue weighted by Gasteiger charge is 2.18. The first-order valence-electron chi connectivity index (χ1n) is 6.98. The number of carbonyl (C=O) groups is 1. The number of amides is 1. The lowest BCUT2D eigenvalue weighted by Gasteiger charge is -2.36. The average molecular weight is 261 g/mol. The SMILES string of the molecule is C[C@H](CCN1CCN(c2ccccc2)CC1)C(N)=O. The zero-order valence-corrected chi connectivity index (χ0v) is 11.6. The first-order chi connectivity index (χ1) is 9.16. The summed E-state index contributed by atoms with van der Waals surface area (Å²) in [7, 11) is 0. The molecule has 104 valence electrons. The molecule has 4 nitrogen and oxygen atoms in total. The van der Waals surface area contributed by atoms with Crippen LogP contribution in [0.1, 0.15) is 13.3 Å². The molecular weight excluding hydrogens is 238 g/mol. The van der Waals surface area contributed by atoms with E-state index in [0.29, 0.717) is 0 Å². The lowest BCUT2D eigenvalue weighted by Crippen LogP contribution is -2.47. The summed E-state index contributed by atoms with van der Waals surface area (Å²) in [6.07, 6.45) is 0.862. The Labute approximate surface area is 115 Å². The molecule has 0 aromatic heterocycles. The van der Waals surface area contributed by atoms with Crippen molar-refractivity contribution in [1.29, 1.82) is 0 Å². The normalized spacial score (nSPS) is 18.3. The number of benzene rings is 1. The van der Waals surface area contributed by atoms with Crippen LogP contribution in [0, 0.1) is 5.92 Å². The Morgan fingerprint density at radius 3 is 2.42 bits per heavy atom. The van der Waals surface area contributed by atoms with Gasteiger partial charge >= 0.3 is 0 Å². The van der Waals surface area contributed by atoms with E-state index in [2.05, 4.69) is 34.1 Å². The van der Waals surface area contributed by atoms with Gasteiger partial charge in [0.1, 0.15) is 0 Å². The van der Waals surface area contributed by atoms with Crippen LogP contribution < -0.4 is 10.6 Å². The van der Waals surface area contributed by atoms with Gasteiger partial charge < -0.3 is 10.6 Å². The van der Waals surface area contributed by atoms with Crippen LogP contribution in [0.15, 0.2) is 30.3 Å². The summed E-state index contributed by atoms with van der Waals surface area (Å²) in [6.45, 7) is 7.08. The number of carbonyl (C=O) groups excluding carboxylic acids is 1. The number of primary amides is 1. The third kappa shape index (κ3) is 3.96. The summed E-state index contributed by atoms with van der Waals surface area (Å²) in [4.78, 5) is 15.8. The zero-order chi connectivity index (χ0) is 13.7. The largest absolute Gasteiger partial charge is 0.369 e. The van der Waals surface area contributed by atoms with Gasteiger partial charge in [0, 0.05) is 37.8 Å². The van der Waals surface area contributed by atoms with Gasteiger partial charge in [0.05, 0.1) is 0 Å². The van der Waals surface area contributed by atoms with Crippen molar-refractivity contribution in [2.45, 2.75) is 13.3 Å². The molecule has 0 spiro atoms. The van der Waals surface area contributed by atoms with E-state index in [9.17, 15) is 4.79 Å². The predicted molar refractivity (Wildman–Crippen MR) is 78.1 cm³/mol. The van der Waals surface area contributed by atoms with Crippen LogP contribution in [0.3, 0.4) is 0 Å². The van der Waals surface area contributed by atoms with E-state index in [1.807, 2.05) is 13.0 Å². The van der Waals surface area contributed by atoms with E-state index in [1.54, 1.807) is 0 Å². The van der Waals surface area contributed by atoms with Gasteiger partial charge in [-0.3, -0.25) is 9.69 Å². The summed E-state index contributed by atoms with van der Waals surface area (Å²) >= 11 is 0. The van der Waals surface area contributed by atoms with Crippen LogP contribution in [0.4, 0.5) is 5.69 Å². The summed E-state index contributed by atoms with van der Waals surface area (Å²) < 4.78 is 0. The molecule has 1 amide bonds. The molecular formula is C15H23N3O. The van der Waals surface area contributed by atoms with Crippen molar-refractivity contribution < 1.29 is 4.79 Å². The molecule has 2 rings (SSSR count). The minimum atomic E-state index is -0.192. The van der Waals surface area contributed by atoms with E-state index >= 15 is 0 Å². The number of rotatable bonds is 5. The molecule has 1 aromatic carbocycles. The monoisotopic (exact) mass is 261 g/mol. The van der Waals surface area contributed by atoms with Gasteiger partial charge in [-0.2, -0.15) is 0 Å². The Bertz CT molecular complexity index is 399. The van der Waals surface area contributed by atoms with E-state index in [0.717, 1.165) is 39.1 Å². The minimum absolute atomic E-state index is 0.0212. The van der Waals surface area contributed by atoms with Crippen molar-refractivity contribution in [2.75, 3.05) is 37.6 Å². The van der Waals surface area contributed by atoms with Crippen molar-refractivity contribution in [3.05, 3.63) is 30.3 Å². The number of nitrogens with two attached hydrogens (primary N) is 1. The fourth-order valence-corrected chi connectivity index (χ4v) is 2.39. The maximum absolute atomic E-state index is 11.0. The van der Waals surface area contributed by atoms with E-state index in [1.165, 1.54) is 5.69 Å². The highest BCUT2D eigenvalue weighted by molar-refractivity contribution is 5.76. The molecule has 1 aliphatic heterocycles. The summed E-state index contributed by atoms with van der Waals surface area (Å²) in [5.41, 5.74) is 6.58. The van der Waals surface area contributed by atoms with Crippen molar-refractivity contribution in [1.82, 2.24) is 4.90 Å². The second-order valence-electron chi connectivity index (χ2n) is 5.26. The molecule has 4 heteroatoms. The van der Waals surface area contributed by atoms with Gasteiger partial charge in [-0.1, -0.05) is 25.1 Å². The van der Waals surface area contributed by atoms with Crippen LogP contribution in [0.5, 0.6) is 0 Å². The quantitative estimate of drug-likeness (QED) is 0.869. The molecule has 0 radical (unpaired) electrons. The van der Waals surface area contributed by atoms with E-state index < -0.39 is 0 Å². The third-order valence-corrected chi connectivity index (χ3v) is 3.86. The molecule has 1 aromatic rings. The molecule has 0 bridgehead atoms. The lowest BCUT2D eigenvalue weighted by atomic mass is 10.1. The maximum Gasteiger partial charge on any atom is 0.220 e. The Kier molecular flexibility index (Phi) is 4.80. The van der Waals surface area contributed by atoms with Crippen molar-refractivity contribution >= 4 is 11.6 Å². The number of hydrogen-bond acceptors (Lipinski definition) is 3. The Balaban J connectivity index is 1.75. The van der Waals surface area contributed by atoms with Gasteiger partial charge in [-0.05, 0) is 25.1 Å². The predicted octanol–water partition coefficient (Wildman–Crippen LogP) is 1.32. The van der Waals surface area contributed by atoms with Crippen molar-refractivity contribution in [3.8, 4) is 0 Å². The van der Waals surface area contributed by atoms with Crippen LogP contribution >= 0.6 is 0 Å². The number of anilines is 1. The molecule has 1 atom stereocenters. The maximum atomic E-state index is 11.0. The Morgan fingerprint density at radius 2 is 1.84 bits per heavy atom. The molecule has 1 heterocycles. The second kappa shape index (κ2) is 6.57. The van der Waals surface area contributed by atoms with Crippen LogP contribution in [0.2, 0.25) is 0 Å². The first kappa shape index (κ1) is 13.9. The molecule has 0 aliphatic carbocycles. The smallest absolute Gasteiger partial charge is 0.220 e. The molecule has 0 saturated carbocycles. The van der Waals surface area contributed by atoms with Crippen molar-refractivity contribution in [2.24, 2.45) is 11.7 Å². The number of hydrogen-bond donors (Lipinski definition) is 1. The molecule has 1 fully saturated rings. The highest BCUT2D eigenvalue weighted by Crippen LogP contribution is 2.16. The highest BCUT2D eigenvalue weighted by atomic mass is 16.1. The van der Waals surface area contributed by atoms with Crippen LogP contribution in [-0.2, 0) is 4.79 Å². The number of nitrogens with zero attached hydrogens (tertiary/aromatic N) is 2. The molecule has 0 unspecified atom stereocenters. The van der Waals surface area contributed by atoms with E-state index in [4.69, 9.17) is 5.73 Å². The van der Waals surface area contributed by atoms with Gasteiger partial charge in [-0.15, -0.1) is 0 Å². The van der Waals surface area contributed by atoms with E-state index in [-0.39, 0.29) is 11.8 Å². The van der Waals surface area contributed by atoms with Gasteiger partial charge in [0.15, 0.2) is 0 Å². The first-order valence-corrected chi connectivity index (χ1v) is 6.98. The summed E-state index contributed by atoms with van der Waals surface area (Å²) in [5, 5.41) is 0. The van der Waals surface area contributed by atoms with Crippen molar-refractivity contribution in [3.63, 3.8) is 0 Å². The Hall–Kier alpha value is -1.55. The number of para-hydroxylation sites is 1. The average Bonchev–Trinajstić information content (AvgIpc) is 2.46. The van der Waals surface area contributed by atoms with Gasteiger partial charge in [-0.25, -0.2) is 0 Å². The fourth-order valence-electron chi connectivity index (χ4n) is 2.39. The topological polar surface area (TPSA) is 49.6 Å². The molecule has 1 aliphatic rings. The summed E-state index contributed by atoms with van der Waals surface area (Å²) in [5.74, 6) is -0.213. The molecule has 2 N–H and O–H groups in total. The fraction of sp³-hybridized carbons (Fsp3) is 0.533. The Morgan fingerprint density at radius 1 is 1.21 bits per heavy atom. The standard InChI is InChI=1S/C15H23N3O/c1-13(15(16)19)7-8-17-9-11-18(12-10-17)14-5-3-2-4-6-14/h2-6,13H,7-12H2,1H3,(H2,16,19)/t13-/m1/s1. The molecule has 1 saturated heterocycles.